The highest BCUT2D eigenvalue weighted by Gasteiger charge is 2.14. The van der Waals surface area contributed by atoms with E-state index in [1.54, 1.807) is 65.5 Å². The molecule has 1 N–H and O–H groups in total. The minimum absolute atomic E-state index is 0.114. The Balaban J connectivity index is 1.31. The molecular formula is C24H19Cl2N3O5. The molecule has 0 fully saturated rings. The van der Waals surface area contributed by atoms with Crippen LogP contribution in [0, 0.1) is 0 Å². The van der Waals surface area contributed by atoms with Gasteiger partial charge in [0.15, 0.2) is 11.6 Å². The lowest BCUT2D eigenvalue weighted by atomic mass is 10.2. The summed E-state index contributed by atoms with van der Waals surface area (Å²) < 4.78 is 17.5. The molecule has 0 spiro atoms. The normalized spacial score (nSPS) is 10.7. The molecular weight excluding hydrogens is 481 g/mol. The van der Waals surface area contributed by atoms with E-state index in [1.807, 2.05) is 6.07 Å². The summed E-state index contributed by atoms with van der Waals surface area (Å²) in [7, 11) is 1.32. The first-order chi connectivity index (χ1) is 16.4. The van der Waals surface area contributed by atoms with Crippen molar-refractivity contribution in [1.29, 1.82) is 0 Å². The number of methoxy groups -OCH3 is 1. The zero-order valence-corrected chi connectivity index (χ0v) is 19.5. The van der Waals surface area contributed by atoms with E-state index in [-0.39, 0.29) is 12.4 Å². The van der Waals surface area contributed by atoms with Crippen LogP contribution in [0.3, 0.4) is 0 Å². The van der Waals surface area contributed by atoms with Crippen molar-refractivity contribution >= 4 is 40.9 Å². The Kier molecular flexibility index (Phi) is 7.20. The van der Waals surface area contributed by atoms with E-state index in [0.717, 1.165) is 5.56 Å². The van der Waals surface area contributed by atoms with Crippen LogP contribution in [0.1, 0.15) is 32.2 Å². The van der Waals surface area contributed by atoms with Gasteiger partial charge < -0.3 is 19.2 Å². The molecule has 0 saturated heterocycles. The van der Waals surface area contributed by atoms with Gasteiger partial charge in [0.25, 0.3) is 5.91 Å². The molecule has 0 aliphatic heterocycles. The molecule has 2 aromatic heterocycles. The van der Waals surface area contributed by atoms with Gasteiger partial charge in [0.2, 0.25) is 0 Å². The van der Waals surface area contributed by atoms with E-state index in [2.05, 4.69) is 15.2 Å². The highest BCUT2D eigenvalue weighted by molar-refractivity contribution is 6.42. The van der Waals surface area contributed by atoms with Crippen LogP contribution >= 0.6 is 23.2 Å². The van der Waals surface area contributed by atoms with Gasteiger partial charge in [-0.25, -0.2) is 4.79 Å². The van der Waals surface area contributed by atoms with Gasteiger partial charge >= 0.3 is 5.97 Å². The number of amides is 1. The Labute approximate surface area is 205 Å². The third kappa shape index (κ3) is 5.78. The highest BCUT2D eigenvalue weighted by Crippen LogP contribution is 2.23. The predicted octanol–water partition coefficient (Wildman–Crippen LogP) is 5.45. The quantitative estimate of drug-likeness (QED) is 0.324. The van der Waals surface area contributed by atoms with Crippen molar-refractivity contribution in [2.75, 3.05) is 12.4 Å². The number of furan rings is 1. The van der Waals surface area contributed by atoms with Crippen LogP contribution in [0.25, 0.3) is 0 Å². The largest absolute Gasteiger partial charge is 0.486 e. The van der Waals surface area contributed by atoms with E-state index in [0.29, 0.717) is 39.5 Å². The number of halogens is 2. The van der Waals surface area contributed by atoms with Gasteiger partial charge in [0.05, 0.1) is 29.3 Å². The van der Waals surface area contributed by atoms with Crippen LogP contribution in [0.4, 0.5) is 5.82 Å². The minimum Gasteiger partial charge on any atom is -0.486 e. The van der Waals surface area contributed by atoms with Gasteiger partial charge in [-0.1, -0.05) is 29.3 Å². The van der Waals surface area contributed by atoms with Gasteiger partial charge in [0.1, 0.15) is 18.1 Å². The van der Waals surface area contributed by atoms with Gasteiger partial charge in [-0.05, 0) is 54.1 Å². The Morgan fingerprint density at radius 2 is 1.82 bits per heavy atom. The fourth-order valence-corrected chi connectivity index (χ4v) is 3.38. The maximum absolute atomic E-state index is 12.5. The number of hydrogen-bond donors (Lipinski definition) is 1. The lowest BCUT2D eigenvalue weighted by molar-refractivity contribution is 0.0600. The number of carbonyl (C=O) groups is 2. The van der Waals surface area contributed by atoms with Gasteiger partial charge in [-0.15, -0.1) is 0 Å². The second-order valence-corrected chi connectivity index (χ2v) is 7.99. The maximum Gasteiger partial charge on any atom is 0.337 e. The fraction of sp³-hybridized carbons (Fsp3) is 0.125. The maximum atomic E-state index is 12.5. The second-order valence-electron chi connectivity index (χ2n) is 7.17. The summed E-state index contributed by atoms with van der Waals surface area (Å²) in [6.45, 7) is 0.582. The smallest absolute Gasteiger partial charge is 0.337 e. The Morgan fingerprint density at radius 3 is 2.56 bits per heavy atom. The zero-order valence-electron chi connectivity index (χ0n) is 18.0. The fourth-order valence-electron chi connectivity index (χ4n) is 3.06. The van der Waals surface area contributed by atoms with E-state index >= 15 is 0 Å². The lowest BCUT2D eigenvalue weighted by Gasteiger charge is -2.05. The summed E-state index contributed by atoms with van der Waals surface area (Å²) >= 11 is 12.0. The van der Waals surface area contributed by atoms with Crippen molar-refractivity contribution in [2.45, 2.75) is 13.2 Å². The molecule has 0 aliphatic rings. The molecule has 2 aromatic carbocycles. The summed E-state index contributed by atoms with van der Waals surface area (Å²) in [6, 6.07) is 16.7. The number of nitrogens with zero attached hydrogens (tertiary/aromatic N) is 2. The molecule has 4 rings (SSSR count). The van der Waals surface area contributed by atoms with Gasteiger partial charge in [-0.2, -0.15) is 5.10 Å². The Hall–Kier alpha value is -3.75. The molecule has 0 aliphatic carbocycles. The van der Waals surface area contributed by atoms with E-state index in [4.69, 9.17) is 32.4 Å². The van der Waals surface area contributed by atoms with Gasteiger partial charge in [0, 0.05) is 12.3 Å². The number of hydrogen-bond acceptors (Lipinski definition) is 6. The summed E-state index contributed by atoms with van der Waals surface area (Å²) in [4.78, 5) is 24.0. The van der Waals surface area contributed by atoms with Crippen molar-refractivity contribution in [2.24, 2.45) is 0 Å². The number of rotatable bonds is 8. The summed E-state index contributed by atoms with van der Waals surface area (Å²) in [5.41, 5.74) is 1.34. The van der Waals surface area contributed by atoms with Crippen LogP contribution in [0.5, 0.6) is 5.75 Å². The molecule has 0 atom stereocenters. The number of benzene rings is 2. The first kappa shape index (κ1) is 23.4. The molecule has 0 unspecified atom stereocenters. The number of carbonyl (C=O) groups excluding carboxylic acids is 2. The molecule has 34 heavy (non-hydrogen) atoms. The molecule has 2 heterocycles. The van der Waals surface area contributed by atoms with Crippen molar-refractivity contribution in [3.05, 3.63) is 99.6 Å². The lowest BCUT2D eigenvalue weighted by Crippen LogP contribution is -2.12. The third-order valence-corrected chi connectivity index (χ3v) is 5.49. The second kappa shape index (κ2) is 10.5. The van der Waals surface area contributed by atoms with Crippen LogP contribution in [-0.2, 0) is 17.9 Å². The minimum atomic E-state index is -0.437. The molecule has 0 radical (unpaired) electrons. The number of esters is 1. The molecule has 10 heteroatoms. The first-order valence-electron chi connectivity index (χ1n) is 10.1. The van der Waals surface area contributed by atoms with Crippen LogP contribution in [-0.4, -0.2) is 28.8 Å². The molecule has 4 aromatic rings. The molecule has 8 nitrogen and oxygen atoms in total. The predicted molar refractivity (Wildman–Crippen MR) is 127 cm³/mol. The average molecular weight is 500 g/mol. The van der Waals surface area contributed by atoms with Crippen molar-refractivity contribution < 1.29 is 23.5 Å². The molecule has 174 valence electrons. The monoisotopic (exact) mass is 499 g/mol. The van der Waals surface area contributed by atoms with E-state index in [1.165, 1.54) is 7.11 Å². The standard InChI is InChI=1S/C24H19Cl2N3O5/c1-32-24(31)16-3-5-17(6-4-16)33-14-18-7-9-21(34-18)23(30)27-22-10-11-29(28-22)13-15-2-8-19(25)20(26)12-15/h2-12H,13-14H2,1H3,(H,27,28,30). The molecule has 0 saturated carbocycles. The average Bonchev–Trinajstić information content (AvgIpc) is 3.49. The van der Waals surface area contributed by atoms with Crippen LogP contribution < -0.4 is 10.1 Å². The van der Waals surface area contributed by atoms with Gasteiger partial charge in [-0.3, -0.25) is 9.48 Å². The SMILES string of the molecule is COC(=O)c1ccc(OCc2ccc(C(=O)Nc3ccn(Cc4ccc(Cl)c(Cl)c4)n3)o2)cc1. The molecule has 0 bridgehead atoms. The number of ether oxygens (including phenoxy) is 2. The van der Waals surface area contributed by atoms with Crippen molar-refractivity contribution in [3.63, 3.8) is 0 Å². The summed E-state index contributed by atoms with van der Waals surface area (Å²) in [5.74, 6) is 0.652. The van der Waals surface area contributed by atoms with Crippen LogP contribution in [0.15, 0.2) is 71.3 Å². The first-order valence-corrected chi connectivity index (χ1v) is 10.9. The zero-order chi connectivity index (χ0) is 24.1. The van der Waals surface area contributed by atoms with Crippen molar-refractivity contribution in [1.82, 2.24) is 9.78 Å². The highest BCUT2D eigenvalue weighted by atomic mass is 35.5. The summed E-state index contributed by atoms with van der Waals surface area (Å²) in [5, 5.41) is 7.99. The topological polar surface area (TPSA) is 95.6 Å². The van der Waals surface area contributed by atoms with Crippen molar-refractivity contribution in [3.8, 4) is 5.75 Å². The van der Waals surface area contributed by atoms with E-state index < -0.39 is 11.9 Å². The third-order valence-electron chi connectivity index (χ3n) is 4.75. The number of aromatic nitrogens is 2. The Bertz CT molecular complexity index is 1310. The number of anilines is 1. The molecule has 1 amide bonds. The summed E-state index contributed by atoms with van der Waals surface area (Å²) in [6.07, 6.45) is 1.74. The Morgan fingerprint density at radius 1 is 1.03 bits per heavy atom. The van der Waals surface area contributed by atoms with Crippen LogP contribution in [0.2, 0.25) is 10.0 Å². The number of nitrogens with one attached hydrogen (secondary N) is 1. The van der Waals surface area contributed by atoms with E-state index in [9.17, 15) is 9.59 Å².